The largest absolute Gasteiger partial charge is 0.398 e. The Bertz CT molecular complexity index is 648. The number of aromatic nitrogens is 2. The van der Waals surface area contributed by atoms with E-state index in [9.17, 15) is 4.79 Å². The minimum atomic E-state index is 0.00111. The molecule has 3 rings (SSSR count). The molecule has 1 amide bonds. The van der Waals surface area contributed by atoms with Crippen molar-refractivity contribution < 1.29 is 4.79 Å². The number of amides is 1. The summed E-state index contributed by atoms with van der Waals surface area (Å²) >= 11 is 1.41. The molecule has 7 heteroatoms. The number of benzene rings is 1. The Balaban J connectivity index is 1.66. The summed E-state index contributed by atoms with van der Waals surface area (Å²) in [5.74, 6) is 0.798. The van der Waals surface area contributed by atoms with Gasteiger partial charge < -0.3 is 15.5 Å². The molecule has 2 N–H and O–H groups in total. The van der Waals surface area contributed by atoms with Crippen LogP contribution >= 0.6 is 11.5 Å². The van der Waals surface area contributed by atoms with Crippen LogP contribution in [0.4, 0.5) is 10.8 Å². The van der Waals surface area contributed by atoms with Gasteiger partial charge in [0.25, 0.3) is 5.91 Å². The van der Waals surface area contributed by atoms with Crippen molar-refractivity contribution in [1.29, 1.82) is 0 Å². The van der Waals surface area contributed by atoms with Crippen LogP contribution in [0.2, 0.25) is 0 Å². The third-order valence-electron chi connectivity index (χ3n) is 3.55. The Morgan fingerprint density at radius 3 is 2.57 bits per heavy atom. The molecule has 0 aliphatic carbocycles. The number of carbonyl (C=O) groups is 1. The fourth-order valence-electron chi connectivity index (χ4n) is 2.38. The second-order valence-corrected chi connectivity index (χ2v) is 5.72. The SMILES string of the molecule is Cc1nsc(N2CCN(C(=O)c3ccccc3N)CC2)n1. The molecule has 0 unspecified atom stereocenters. The number of rotatable bonds is 2. The maximum atomic E-state index is 12.5. The van der Waals surface area contributed by atoms with Crippen LogP contribution in [0.5, 0.6) is 0 Å². The van der Waals surface area contributed by atoms with Crippen LogP contribution in [0.3, 0.4) is 0 Å². The number of hydrogen-bond acceptors (Lipinski definition) is 6. The predicted octanol–water partition coefficient (Wildman–Crippen LogP) is 1.39. The molecule has 0 radical (unpaired) electrons. The number of anilines is 2. The van der Waals surface area contributed by atoms with Crippen LogP contribution < -0.4 is 10.6 Å². The van der Waals surface area contributed by atoms with Crippen molar-refractivity contribution in [2.24, 2.45) is 0 Å². The third kappa shape index (κ3) is 2.82. The summed E-state index contributed by atoms with van der Waals surface area (Å²) in [6, 6.07) is 7.21. The molecule has 2 aromatic rings. The van der Waals surface area contributed by atoms with Gasteiger partial charge in [-0.05, 0) is 19.1 Å². The topological polar surface area (TPSA) is 75.4 Å². The Hall–Kier alpha value is -2.15. The van der Waals surface area contributed by atoms with Crippen LogP contribution in [-0.2, 0) is 0 Å². The summed E-state index contributed by atoms with van der Waals surface area (Å²) < 4.78 is 4.20. The Kier molecular flexibility index (Phi) is 3.74. The van der Waals surface area contributed by atoms with E-state index in [1.807, 2.05) is 24.0 Å². The molecule has 0 spiro atoms. The molecule has 1 aliphatic rings. The minimum absolute atomic E-state index is 0.00111. The van der Waals surface area contributed by atoms with Crippen LogP contribution in [0.15, 0.2) is 24.3 Å². The first-order chi connectivity index (χ1) is 10.1. The van der Waals surface area contributed by atoms with Crippen molar-refractivity contribution >= 4 is 28.3 Å². The number of para-hydroxylation sites is 1. The molecule has 0 bridgehead atoms. The van der Waals surface area contributed by atoms with Gasteiger partial charge in [0.05, 0.1) is 5.56 Å². The van der Waals surface area contributed by atoms with E-state index in [-0.39, 0.29) is 5.91 Å². The number of carbonyl (C=O) groups excluding carboxylic acids is 1. The quantitative estimate of drug-likeness (QED) is 0.849. The van der Waals surface area contributed by atoms with E-state index in [2.05, 4.69) is 14.3 Å². The number of nitrogens with zero attached hydrogens (tertiary/aromatic N) is 4. The van der Waals surface area contributed by atoms with E-state index in [1.165, 1.54) is 11.5 Å². The van der Waals surface area contributed by atoms with Gasteiger partial charge in [0.15, 0.2) is 0 Å². The molecule has 110 valence electrons. The first kappa shape index (κ1) is 13.8. The number of aryl methyl sites for hydroxylation is 1. The summed E-state index contributed by atoms with van der Waals surface area (Å²) in [7, 11) is 0. The van der Waals surface area contributed by atoms with Gasteiger partial charge in [-0.25, -0.2) is 4.98 Å². The molecule has 1 aromatic carbocycles. The Labute approximate surface area is 127 Å². The standard InChI is InChI=1S/C14H17N5OS/c1-10-16-14(21-17-10)19-8-6-18(7-9-19)13(20)11-4-2-3-5-12(11)15/h2-5H,6-9,15H2,1H3. The maximum absolute atomic E-state index is 12.5. The predicted molar refractivity (Wildman–Crippen MR) is 83.6 cm³/mol. The Morgan fingerprint density at radius 2 is 1.95 bits per heavy atom. The van der Waals surface area contributed by atoms with Gasteiger partial charge in [0, 0.05) is 43.4 Å². The second kappa shape index (κ2) is 5.69. The van der Waals surface area contributed by atoms with Gasteiger partial charge in [-0.1, -0.05) is 12.1 Å². The zero-order valence-corrected chi connectivity index (χ0v) is 12.6. The summed E-state index contributed by atoms with van der Waals surface area (Å²) in [5.41, 5.74) is 6.99. The first-order valence-corrected chi connectivity index (χ1v) is 7.61. The number of hydrogen-bond donors (Lipinski definition) is 1. The van der Waals surface area contributed by atoms with Gasteiger partial charge in [-0.3, -0.25) is 4.79 Å². The van der Waals surface area contributed by atoms with Gasteiger partial charge in [0.2, 0.25) is 5.13 Å². The molecule has 1 fully saturated rings. The molecule has 1 aliphatic heterocycles. The molecule has 0 atom stereocenters. The van der Waals surface area contributed by atoms with Crippen LogP contribution in [0.25, 0.3) is 0 Å². The molecular weight excluding hydrogens is 286 g/mol. The summed E-state index contributed by atoms with van der Waals surface area (Å²) in [5, 5.41) is 0.929. The zero-order chi connectivity index (χ0) is 14.8. The smallest absolute Gasteiger partial charge is 0.256 e. The van der Waals surface area contributed by atoms with Crippen molar-refractivity contribution in [2.75, 3.05) is 36.8 Å². The number of nitrogens with two attached hydrogens (primary N) is 1. The Morgan fingerprint density at radius 1 is 1.24 bits per heavy atom. The van der Waals surface area contributed by atoms with Crippen LogP contribution in [-0.4, -0.2) is 46.3 Å². The van der Waals surface area contributed by atoms with E-state index in [0.717, 1.165) is 24.0 Å². The van der Waals surface area contributed by atoms with Crippen molar-refractivity contribution in [2.45, 2.75) is 6.92 Å². The van der Waals surface area contributed by atoms with Crippen LogP contribution in [0, 0.1) is 6.92 Å². The fourth-order valence-corrected chi connectivity index (χ4v) is 3.10. The van der Waals surface area contributed by atoms with Crippen molar-refractivity contribution in [3.05, 3.63) is 35.7 Å². The second-order valence-electron chi connectivity index (χ2n) is 4.99. The average Bonchev–Trinajstić information content (AvgIpc) is 2.94. The van der Waals surface area contributed by atoms with E-state index in [0.29, 0.717) is 24.3 Å². The van der Waals surface area contributed by atoms with Gasteiger partial charge in [0.1, 0.15) is 5.82 Å². The number of piperazine rings is 1. The summed E-state index contributed by atoms with van der Waals surface area (Å²) in [6.07, 6.45) is 0. The minimum Gasteiger partial charge on any atom is -0.398 e. The lowest BCUT2D eigenvalue weighted by atomic mass is 10.1. The molecule has 1 saturated heterocycles. The maximum Gasteiger partial charge on any atom is 0.256 e. The van der Waals surface area contributed by atoms with Crippen molar-refractivity contribution in [1.82, 2.24) is 14.3 Å². The van der Waals surface area contributed by atoms with Crippen LogP contribution in [0.1, 0.15) is 16.2 Å². The molecule has 6 nitrogen and oxygen atoms in total. The van der Waals surface area contributed by atoms with Crippen molar-refractivity contribution in [3.8, 4) is 0 Å². The van der Waals surface area contributed by atoms with Gasteiger partial charge in [-0.15, -0.1) is 0 Å². The third-order valence-corrected chi connectivity index (χ3v) is 4.41. The van der Waals surface area contributed by atoms with E-state index in [4.69, 9.17) is 5.73 Å². The van der Waals surface area contributed by atoms with E-state index < -0.39 is 0 Å². The average molecular weight is 303 g/mol. The lowest BCUT2D eigenvalue weighted by molar-refractivity contribution is 0.0748. The fraction of sp³-hybridized carbons (Fsp3) is 0.357. The number of nitrogen functional groups attached to an aromatic ring is 1. The molecule has 0 saturated carbocycles. The normalized spacial score (nSPS) is 15.3. The van der Waals surface area contributed by atoms with E-state index >= 15 is 0 Å². The summed E-state index contributed by atoms with van der Waals surface area (Å²) in [4.78, 5) is 20.9. The lowest BCUT2D eigenvalue weighted by Crippen LogP contribution is -2.48. The molecule has 2 heterocycles. The van der Waals surface area contributed by atoms with Crippen molar-refractivity contribution in [3.63, 3.8) is 0 Å². The molecule has 21 heavy (non-hydrogen) atoms. The highest BCUT2D eigenvalue weighted by molar-refractivity contribution is 7.09. The lowest BCUT2D eigenvalue weighted by Gasteiger charge is -2.34. The highest BCUT2D eigenvalue weighted by Crippen LogP contribution is 2.20. The molecule has 1 aromatic heterocycles. The van der Waals surface area contributed by atoms with Gasteiger partial charge in [-0.2, -0.15) is 4.37 Å². The highest BCUT2D eigenvalue weighted by atomic mass is 32.1. The summed E-state index contributed by atoms with van der Waals surface area (Å²) in [6.45, 7) is 4.77. The zero-order valence-electron chi connectivity index (χ0n) is 11.8. The highest BCUT2D eigenvalue weighted by Gasteiger charge is 2.24. The van der Waals surface area contributed by atoms with Gasteiger partial charge >= 0.3 is 0 Å². The molecular formula is C14H17N5OS. The monoisotopic (exact) mass is 303 g/mol. The first-order valence-electron chi connectivity index (χ1n) is 6.84. The van der Waals surface area contributed by atoms with E-state index in [1.54, 1.807) is 12.1 Å².